The fourth-order valence-electron chi connectivity index (χ4n) is 2.56. The van der Waals surface area contributed by atoms with E-state index in [0.717, 1.165) is 12.0 Å². The summed E-state index contributed by atoms with van der Waals surface area (Å²) in [6.45, 7) is 6.42. The molecule has 102 valence electrons. The summed E-state index contributed by atoms with van der Waals surface area (Å²) < 4.78 is 0. The number of nitrogens with zero attached hydrogens (tertiary/aromatic N) is 2. The highest BCUT2D eigenvalue weighted by atomic mass is 16.2. The van der Waals surface area contributed by atoms with Gasteiger partial charge in [0.2, 0.25) is 0 Å². The Hall–Kier alpha value is -1.91. The Morgan fingerprint density at radius 2 is 2.26 bits per heavy atom. The van der Waals surface area contributed by atoms with Gasteiger partial charge in [0, 0.05) is 12.4 Å². The van der Waals surface area contributed by atoms with Gasteiger partial charge in [0.05, 0.1) is 6.54 Å². The second kappa shape index (κ2) is 4.99. The van der Waals surface area contributed by atoms with E-state index >= 15 is 0 Å². The van der Waals surface area contributed by atoms with Crippen LogP contribution < -0.4 is 5.32 Å². The van der Waals surface area contributed by atoms with Crippen LogP contribution in [-0.4, -0.2) is 27.3 Å². The summed E-state index contributed by atoms with van der Waals surface area (Å²) in [4.78, 5) is 18.0. The number of rotatable bonds is 4. The predicted octanol–water partition coefficient (Wildman–Crippen LogP) is 1.75. The van der Waals surface area contributed by atoms with Gasteiger partial charge in [-0.15, -0.1) is 0 Å². The summed E-state index contributed by atoms with van der Waals surface area (Å²) >= 11 is 0. The molecular weight excluding hydrogens is 240 g/mol. The standard InChI is InChI=1S/C14H20N4O/c1-10(2)7-14(3)12(19)18(13(15)17-14)9-11-5-4-6-16-8-11/h4-6,8,10H,7,9H2,1-3H3,(H2,15,17). The normalized spacial score (nSPS) is 23.1. The lowest BCUT2D eigenvalue weighted by molar-refractivity contribution is -0.131. The minimum absolute atomic E-state index is 0.0324. The largest absolute Gasteiger partial charge is 0.342 e. The van der Waals surface area contributed by atoms with Crippen molar-refractivity contribution >= 4 is 11.9 Å². The Morgan fingerprint density at radius 3 is 2.84 bits per heavy atom. The number of nitrogens with one attached hydrogen (secondary N) is 2. The molecule has 1 aliphatic heterocycles. The maximum atomic E-state index is 12.5. The fraction of sp³-hybridized carbons (Fsp3) is 0.500. The molecule has 1 aromatic rings. The molecule has 0 spiro atoms. The van der Waals surface area contributed by atoms with E-state index in [4.69, 9.17) is 5.41 Å². The van der Waals surface area contributed by atoms with Crippen LogP contribution in [0.25, 0.3) is 0 Å². The number of guanidine groups is 1. The molecule has 0 saturated carbocycles. The third-order valence-electron chi connectivity index (χ3n) is 3.26. The van der Waals surface area contributed by atoms with Crippen LogP contribution in [0.3, 0.4) is 0 Å². The molecular formula is C14H20N4O. The molecule has 0 aromatic carbocycles. The Bertz CT molecular complexity index is 485. The molecule has 2 rings (SSSR count). The van der Waals surface area contributed by atoms with Gasteiger partial charge in [0.1, 0.15) is 5.54 Å². The van der Waals surface area contributed by atoms with Gasteiger partial charge in [-0.25, -0.2) is 0 Å². The molecule has 1 unspecified atom stereocenters. The molecule has 1 atom stereocenters. The van der Waals surface area contributed by atoms with E-state index in [9.17, 15) is 4.79 Å². The lowest BCUT2D eigenvalue weighted by Crippen LogP contribution is -2.44. The number of amides is 1. The van der Waals surface area contributed by atoms with Crippen molar-refractivity contribution in [3.8, 4) is 0 Å². The minimum Gasteiger partial charge on any atom is -0.342 e. The Morgan fingerprint density at radius 1 is 1.53 bits per heavy atom. The first-order valence-corrected chi connectivity index (χ1v) is 6.50. The Labute approximate surface area is 113 Å². The molecule has 1 saturated heterocycles. The second-order valence-electron chi connectivity index (χ2n) is 5.66. The Kier molecular flexibility index (Phi) is 3.55. The van der Waals surface area contributed by atoms with Crippen LogP contribution in [0.1, 0.15) is 32.8 Å². The molecule has 1 aromatic heterocycles. The van der Waals surface area contributed by atoms with Crippen molar-refractivity contribution in [1.29, 1.82) is 5.41 Å². The average molecular weight is 260 g/mol. The minimum atomic E-state index is -0.659. The lowest BCUT2D eigenvalue weighted by atomic mass is 9.91. The first kappa shape index (κ1) is 13.5. The zero-order chi connectivity index (χ0) is 14.0. The summed E-state index contributed by atoms with van der Waals surface area (Å²) in [5.74, 6) is 0.541. The maximum Gasteiger partial charge on any atom is 0.255 e. The van der Waals surface area contributed by atoms with Gasteiger partial charge in [-0.2, -0.15) is 0 Å². The highest BCUT2D eigenvalue weighted by molar-refractivity contribution is 6.07. The van der Waals surface area contributed by atoms with Crippen LogP contribution in [0.5, 0.6) is 0 Å². The van der Waals surface area contributed by atoms with E-state index in [1.807, 2.05) is 19.1 Å². The molecule has 19 heavy (non-hydrogen) atoms. The molecule has 1 aliphatic rings. The van der Waals surface area contributed by atoms with Crippen molar-refractivity contribution in [2.75, 3.05) is 0 Å². The topological polar surface area (TPSA) is 69.1 Å². The first-order chi connectivity index (χ1) is 8.92. The smallest absolute Gasteiger partial charge is 0.255 e. The summed E-state index contributed by atoms with van der Waals surface area (Å²) in [6, 6.07) is 3.74. The van der Waals surface area contributed by atoms with Gasteiger partial charge in [-0.3, -0.25) is 20.1 Å². The van der Waals surface area contributed by atoms with E-state index in [0.29, 0.717) is 12.5 Å². The number of carbonyl (C=O) groups is 1. The Balaban J connectivity index is 2.15. The van der Waals surface area contributed by atoms with Crippen molar-refractivity contribution in [2.24, 2.45) is 5.92 Å². The van der Waals surface area contributed by atoms with Crippen LogP contribution >= 0.6 is 0 Å². The predicted molar refractivity (Wildman–Crippen MR) is 73.5 cm³/mol. The number of aromatic nitrogens is 1. The quantitative estimate of drug-likeness (QED) is 0.866. The summed E-state index contributed by atoms with van der Waals surface area (Å²) in [7, 11) is 0. The zero-order valence-electron chi connectivity index (χ0n) is 11.6. The van der Waals surface area contributed by atoms with Crippen LogP contribution in [0.4, 0.5) is 0 Å². The van der Waals surface area contributed by atoms with Gasteiger partial charge in [-0.1, -0.05) is 19.9 Å². The van der Waals surface area contributed by atoms with Crippen LogP contribution in [0.15, 0.2) is 24.5 Å². The second-order valence-corrected chi connectivity index (χ2v) is 5.66. The van der Waals surface area contributed by atoms with Crippen molar-refractivity contribution < 1.29 is 4.79 Å². The molecule has 0 radical (unpaired) electrons. The zero-order valence-corrected chi connectivity index (χ0v) is 11.6. The van der Waals surface area contributed by atoms with Gasteiger partial charge in [0.15, 0.2) is 5.96 Å². The highest BCUT2D eigenvalue weighted by Crippen LogP contribution is 2.25. The lowest BCUT2D eigenvalue weighted by Gasteiger charge is -2.23. The monoisotopic (exact) mass is 260 g/mol. The van der Waals surface area contributed by atoms with Crippen LogP contribution in [0, 0.1) is 11.3 Å². The van der Waals surface area contributed by atoms with Crippen molar-refractivity contribution in [1.82, 2.24) is 15.2 Å². The van der Waals surface area contributed by atoms with E-state index in [1.165, 1.54) is 4.90 Å². The maximum absolute atomic E-state index is 12.5. The van der Waals surface area contributed by atoms with Crippen LogP contribution in [-0.2, 0) is 11.3 Å². The molecule has 1 amide bonds. The van der Waals surface area contributed by atoms with E-state index in [1.54, 1.807) is 12.4 Å². The van der Waals surface area contributed by atoms with E-state index < -0.39 is 5.54 Å². The molecule has 5 nitrogen and oxygen atoms in total. The SMILES string of the molecule is CC(C)CC1(C)NC(=N)N(Cc2cccnc2)C1=O. The average Bonchev–Trinajstić information content (AvgIpc) is 2.53. The summed E-state index contributed by atoms with van der Waals surface area (Å²) in [5.41, 5.74) is 0.268. The fourth-order valence-corrected chi connectivity index (χ4v) is 2.56. The van der Waals surface area contributed by atoms with Crippen molar-refractivity contribution in [3.63, 3.8) is 0 Å². The van der Waals surface area contributed by atoms with Crippen molar-refractivity contribution in [2.45, 2.75) is 39.3 Å². The third-order valence-corrected chi connectivity index (χ3v) is 3.26. The molecule has 2 N–H and O–H groups in total. The number of pyridine rings is 1. The molecule has 0 aliphatic carbocycles. The summed E-state index contributed by atoms with van der Waals surface area (Å²) in [6.07, 6.45) is 4.14. The summed E-state index contributed by atoms with van der Waals surface area (Å²) in [5, 5.41) is 11.0. The van der Waals surface area contributed by atoms with Gasteiger partial charge in [-0.05, 0) is 30.9 Å². The van der Waals surface area contributed by atoms with E-state index in [2.05, 4.69) is 24.1 Å². The molecule has 1 fully saturated rings. The van der Waals surface area contributed by atoms with Crippen LogP contribution in [0.2, 0.25) is 0 Å². The van der Waals surface area contributed by atoms with Gasteiger partial charge < -0.3 is 5.32 Å². The van der Waals surface area contributed by atoms with Gasteiger partial charge in [0.25, 0.3) is 5.91 Å². The van der Waals surface area contributed by atoms with Gasteiger partial charge >= 0.3 is 0 Å². The molecule has 5 heteroatoms. The molecule has 0 bridgehead atoms. The number of carbonyl (C=O) groups excluding carboxylic acids is 1. The number of hydrogen-bond acceptors (Lipinski definition) is 3. The highest BCUT2D eigenvalue weighted by Gasteiger charge is 2.45. The molecule has 2 heterocycles. The number of hydrogen-bond donors (Lipinski definition) is 2. The third kappa shape index (κ3) is 2.75. The van der Waals surface area contributed by atoms with Crippen molar-refractivity contribution in [3.05, 3.63) is 30.1 Å². The first-order valence-electron chi connectivity index (χ1n) is 6.50. The van der Waals surface area contributed by atoms with E-state index in [-0.39, 0.29) is 11.9 Å².